The number of anilines is 1. The fraction of sp³-hybridized carbons (Fsp3) is 0.278. The predicted molar refractivity (Wildman–Crippen MR) is 96.3 cm³/mol. The molecule has 0 radical (unpaired) electrons. The van der Waals surface area contributed by atoms with Crippen molar-refractivity contribution < 1.29 is 4.79 Å². The molecule has 5 nitrogen and oxygen atoms in total. The minimum Gasteiger partial charge on any atom is -0.355 e. The second-order valence-electron chi connectivity index (χ2n) is 5.96. The summed E-state index contributed by atoms with van der Waals surface area (Å²) in [4.78, 5) is 23.0. The van der Waals surface area contributed by atoms with Crippen LogP contribution in [0.3, 0.4) is 0 Å². The Bertz CT molecular complexity index is 809. The molecule has 3 aromatic rings. The molecular weight excluding hydrogens is 320 g/mol. The normalized spacial score (nSPS) is 14.6. The maximum atomic E-state index is 12.2. The Morgan fingerprint density at radius 1 is 1.21 bits per heavy atom. The van der Waals surface area contributed by atoms with Gasteiger partial charge in [-0.3, -0.25) is 9.78 Å². The number of nitrogens with zero attached hydrogens (tertiary/aromatic N) is 3. The Hall–Kier alpha value is -2.47. The summed E-state index contributed by atoms with van der Waals surface area (Å²) in [5.41, 5.74) is 2.22. The number of para-hydroxylation sites is 1. The Labute approximate surface area is 144 Å². The van der Waals surface area contributed by atoms with E-state index in [9.17, 15) is 4.79 Å². The molecule has 1 aromatic carbocycles. The average Bonchev–Trinajstić information content (AvgIpc) is 2.98. The van der Waals surface area contributed by atoms with E-state index in [0.717, 1.165) is 30.2 Å². The number of fused-ring (bicyclic) bond motifs is 1. The third kappa shape index (κ3) is 3.10. The third-order valence-electron chi connectivity index (χ3n) is 4.27. The average molecular weight is 338 g/mol. The van der Waals surface area contributed by atoms with Crippen LogP contribution in [0, 0.1) is 5.92 Å². The van der Waals surface area contributed by atoms with E-state index >= 15 is 0 Å². The molecule has 1 fully saturated rings. The third-order valence-corrected chi connectivity index (χ3v) is 5.36. The minimum absolute atomic E-state index is 0.0643. The number of amides is 1. The van der Waals surface area contributed by atoms with Crippen molar-refractivity contribution >= 4 is 32.6 Å². The molecule has 1 N–H and O–H groups in total. The number of thiazole rings is 1. The van der Waals surface area contributed by atoms with Gasteiger partial charge in [0.05, 0.1) is 16.1 Å². The molecule has 0 spiro atoms. The van der Waals surface area contributed by atoms with Crippen molar-refractivity contribution in [3.05, 3.63) is 54.4 Å². The summed E-state index contributed by atoms with van der Waals surface area (Å²) in [5, 5.41) is 4.04. The molecule has 1 aliphatic heterocycles. The van der Waals surface area contributed by atoms with Crippen LogP contribution in [-0.2, 0) is 11.2 Å². The van der Waals surface area contributed by atoms with E-state index in [1.807, 2.05) is 30.3 Å². The second-order valence-corrected chi connectivity index (χ2v) is 6.97. The van der Waals surface area contributed by atoms with Gasteiger partial charge in [0, 0.05) is 32.0 Å². The van der Waals surface area contributed by atoms with E-state index in [-0.39, 0.29) is 11.8 Å². The van der Waals surface area contributed by atoms with Gasteiger partial charge in [-0.25, -0.2) is 4.98 Å². The van der Waals surface area contributed by atoms with E-state index < -0.39 is 0 Å². The van der Waals surface area contributed by atoms with E-state index in [0.29, 0.717) is 6.54 Å². The molecule has 4 rings (SSSR count). The summed E-state index contributed by atoms with van der Waals surface area (Å²) in [6.45, 7) is 2.17. The Morgan fingerprint density at radius 2 is 2.00 bits per heavy atom. The van der Waals surface area contributed by atoms with Gasteiger partial charge in [0.2, 0.25) is 5.91 Å². The minimum atomic E-state index is 0.0643. The molecule has 0 bridgehead atoms. The van der Waals surface area contributed by atoms with Crippen molar-refractivity contribution in [2.75, 3.05) is 24.5 Å². The molecular formula is C18H18N4OS. The van der Waals surface area contributed by atoms with Crippen molar-refractivity contribution in [3.8, 4) is 0 Å². The smallest absolute Gasteiger partial charge is 0.226 e. The Balaban J connectivity index is 1.26. The van der Waals surface area contributed by atoms with Gasteiger partial charge in [-0.15, -0.1) is 0 Å². The van der Waals surface area contributed by atoms with Gasteiger partial charge >= 0.3 is 0 Å². The van der Waals surface area contributed by atoms with Crippen LogP contribution in [0.25, 0.3) is 10.2 Å². The van der Waals surface area contributed by atoms with E-state index in [1.165, 1.54) is 10.3 Å². The lowest BCUT2D eigenvalue weighted by atomic mass is 10.00. The molecule has 2 aromatic heterocycles. The number of pyridine rings is 1. The zero-order valence-corrected chi connectivity index (χ0v) is 14.0. The summed E-state index contributed by atoms with van der Waals surface area (Å²) < 4.78 is 1.19. The maximum absolute atomic E-state index is 12.2. The van der Waals surface area contributed by atoms with Crippen molar-refractivity contribution in [1.29, 1.82) is 0 Å². The highest BCUT2D eigenvalue weighted by Crippen LogP contribution is 2.32. The first kappa shape index (κ1) is 15.1. The van der Waals surface area contributed by atoms with Crippen LogP contribution in [-0.4, -0.2) is 35.5 Å². The molecule has 0 saturated carbocycles. The van der Waals surface area contributed by atoms with Gasteiger partial charge in [0.15, 0.2) is 5.13 Å². The van der Waals surface area contributed by atoms with Gasteiger partial charge in [-0.2, -0.15) is 0 Å². The van der Waals surface area contributed by atoms with E-state index in [1.54, 1.807) is 23.7 Å². The number of carbonyl (C=O) groups is 1. The first-order valence-corrected chi connectivity index (χ1v) is 8.88. The standard InChI is InChI=1S/C18H18N4OS/c23-17(20-10-7-13-5-8-19-9-6-13)14-11-22(12-14)18-21-15-3-1-2-4-16(15)24-18/h1-6,8-9,14H,7,10-12H2,(H,20,23). The summed E-state index contributed by atoms with van der Waals surface area (Å²) >= 11 is 1.69. The van der Waals surface area contributed by atoms with Crippen molar-refractivity contribution in [3.63, 3.8) is 0 Å². The van der Waals surface area contributed by atoms with Crippen LogP contribution < -0.4 is 10.2 Å². The SMILES string of the molecule is O=C(NCCc1ccncc1)C1CN(c2nc3ccccc3s2)C1. The van der Waals surface area contributed by atoms with Gasteiger partial charge < -0.3 is 10.2 Å². The largest absolute Gasteiger partial charge is 0.355 e. The lowest BCUT2D eigenvalue weighted by Gasteiger charge is -2.37. The number of hydrogen-bond acceptors (Lipinski definition) is 5. The first-order chi connectivity index (χ1) is 11.8. The number of aromatic nitrogens is 2. The first-order valence-electron chi connectivity index (χ1n) is 8.07. The molecule has 6 heteroatoms. The fourth-order valence-electron chi connectivity index (χ4n) is 2.82. The van der Waals surface area contributed by atoms with E-state index in [4.69, 9.17) is 0 Å². The zero-order chi connectivity index (χ0) is 16.4. The summed E-state index contributed by atoms with van der Waals surface area (Å²) in [7, 11) is 0. The maximum Gasteiger partial charge on any atom is 0.226 e. The van der Waals surface area contributed by atoms with Crippen LogP contribution in [0.15, 0.2) is 48.8 Å². The highest BCUT2D eigenvalue weighted by molar-refractivity contribution is 7.22. The summed E-state index contributed by atoms with van der Waals surface area (Å²) in [5.74, 6) is 0.205. The van der Waals surface area contributed by atoms with Gasteiger partial charge in [-0.05, 0) is 36.2 Å². The topological polar surface area (TPSA) is 58.1 Å². The number of benzene rings is 1. The molecule has 1 saturated heterocycles. The van der Waals surface area contributed by atoms with E-state index in [2.05, 4.69) is 26.3 Å². The van der Waals surface area contributed by atoms with Crippen molar-refractivity contribution in [2.24, 2.45) is 5.92 Å². The van der Waals surface area contributed by atoms with Gasteiger partial charge in [0.25, 0.3) is 0 Å². The van der Waals surface area contributed by atoms with Crippen LogP contribution in [0.4, 0.5) is 5.13 Å². The molecule has 24 heavy (non-hydrogen) atoms. The quantitative estimate of drug-likeness (QED) is 0.776. The summed E-state index contributed by atoms with van der Waals surface area (Å²) in [6.07, 6.45) is 4.39. The highest BCUT2D eigenvalue weighted by atomic mass is 32.1. The van der Waals surface area contributed by atoms with Gasteiger partial charge in [-0.1, -0.05) is 23.5 Å². The lowest BCUT2D eigenvalue weighted by Crippen LogP contribution is -2.54. The fourth-order valence-corrected chi connectivity index (χ4v) is 3.80. The van der Waals surface area contributed by atoms with Gasteiger partial charge in [0.1, 0.15) is 0 Å². The molecule has 0 aliphatic carbocycles. The van der Waals surface area contributed by atoms with Crippen LogP contribution >= 0.6 is 11.3 Å². The molecule has 1 amide bonds. The second kappa shape index (κ2) is 6.57. The number of rotatable bonds is 5. The molecule has 0 atom stereocenters. The molecule has 122 valence electrons. The molecule has 1 aliphatic rings. The van der Waals surface area contributed by atoms with Crippen molar-refractivity contribution in [2.45, 2.75) is 6.42 Å². The monoisotopic (exact) mass is 338 g/mol. The number of nitrogens with one attached hydrogen (secondary N) is 1. The van der Waals surface area contributed by atoms with Crippen LogP contribution in [0.5, 0.6) is 0 Å². The highest BCUT2D eigenvalue weighted by Gasteiger charge is 2.34. The molecule has 3 heterocycles. The lowest BCUT2D eigenvalue weighted by molar-refractivity contribution is -0.125. The number of carbonyl (C=O) groups excluding carboxylic acids is 1. The molecule has 0 unspecified atom stereocenters. The van der Waals surface area contributed by atoms with Crippen molar-refractivity contribution in [1.82, 2.24) is 15.3 Å². The zero-order valence-electron chi connectivity index (χ0n) is 13.2. The Kier molecular flexibility index (Phi) is 4.13. The predicted octanol–water partition coefficient (Wildman–Crippen LogP) is 2.49. The number of hydrogen-bond donors (Lipinski definition) is 1. The van der Waals surface area contributed by atoms with Crippen LogP contribution in [0.2, 0.25) is 0 Å². The van der Waals surface area contributed by atoms with Crippen LogP contribution in [0.1, 0.15) is 5.56 Å². The summed E-state index contributed by atoms with van der Waals surface area (Å²) in [6, 6.07) is 12.1. The Morgan fingerprint density at radius 3 is 2.79 bits per heavy atom.